The summed E-state index contributed by atoms with van der Waals surface area (Å²) in [7, 11) is 0. The third-order valence-electron chi connectivity index (χ3n) is 5.99. The first kappa shape index (κ1) is 18.7. The number of hydrogen-bond donors (Lipinski definition) is 2. The van der Waals surface area contributed by atoms with Crippen LogP contribution in [0.1, 0.15) is 17.5 Å². The molecule has 0 spiro atoms. The van der Waals surface area contributed by atoms with E-state index in [1.807, 2.05) is 41.3 Å². The summed E-state index contributed by atoms with van der Waals surface area (Å²) in [6.07, 6.45) is 0.866. The van der Waals surface area contributed by atoms with Crippen molar-refractivity contribution in [3.8, 4) is 0 Å². The fourth-order valence-electron chi connectivity index (χ4n) is 4.44. The molecule has 0 saturated heterocycles. The molecule has 0 aliphatic carbocycles. The van der Waals surface area contributed by atoms with Gasteiger partial charge in [-0.15, -0.1) is 0 Å². The first-order valence-electron chi connectivity index (χ1n) is 10.4. The second-order valence-corrected chi connectivity index (χ2v) is 8.09. The Morgan fingerprint density at radius 3 is 2.17 bits per heavy atom. The molecule has 0 bridgehead atoms. The lowest BCUT2D eigenvalue weighted by molar-refractivity contribution is -0.125. The molecule has 7 heteroatoms. The fraction of sp³-hybridized carbons (Fsp3) is 0.304. The maximum Gasteiger partial charge on any atom is 0.259 e. The van der Waals surface area contributed by atoms with Crippen LogP contribution in [0.2, 0.25) is 0 Å². The van der Waals surface area contributed by atoms with E-state index in [4.69, 9.17) is 11.5 Å². The van der Waals surface area contributed by atoms with Crippen molar-refractivity contribution in [2.24, 2.45) is 4.99 Å². The molecule has 3 aliphatic heterocycles. The summed E-state index contributed by atoms with van der Waals surface area (Å²) in [5.74, 6) is 0.864. The van der Waals surface area contributed by atoms with E-state index >= 15 is 0 Å². The van der Waals surface area contributed by atoms with Crippen molar-refractivity contribution < 1.29 is 4.79 Å². The number of fused-ring (bicyclic) bond motifs is 2. The van der Waals surface area contributed by atoms with Crippen LogP contribution in [-0.2, 0) is 17.9 Å². The van der Waals surface area contributed by atoms with Gasteiger partial charge in [-0.25, -0.2) is 0 Å². The monoisotopic (exact) mass is 402 g/mol. The molecule has 2 aromatic rings. The minimum atomic E-state index is 0.0701. The van der Waals surface area contributed by atoms with E-state index in [0.717, 1.165) is 66.8 Å². The van der Waals surface area contributed by atoms with Gasteiger partial charge in [0.1, 0.15) is 0 Å². The van der Waals surface area contributed by atoms with Gasteiger partial charge in [-0.3, -0.25) is 19.6 Å². The first-order valence-corrected chi connectivity index (χ1v) is 10.4. The summed E-state index contributed by atoms with van der Waals surface area (Å²) >= 11 is 0. The highest BCUT2D eigenvalue weighted by molar-refractivity contribution is 6.09. The lowest BCUT2D eigenvalue weighted by Gasteiger charge is -2.42. The number of rotatable bonds is 4. The summed E-state index contributed by atoms with van der Waals surface area (Å²) in [5, 5.41) is 0. The van der Waals surface area contributed by atoms with E-state index in [-0.39, 0.29) is 5.91 Å². The zero-order valence-corrected chi connectivity index (χ0v) is 16.9. The number of anilines is 2. The first-order chi connectivity index (χ1) is 14.6. The second-order valence-electron chi connectivity index (χ2n) is 8.09. The Morgan fingerprint density at radius 2 is 1.50 bits per heavy atom. The zero-order valence-electron chi connectivity index (χ0n) is 16.9. The van der Waals surface area contributed by atoms with E-state index in [2.05, 4.69) is 26.9 Å². The quantitative estimate of drug-likeness (QED) is 0.764. The van der Waals surface area contributed by atoms with Gasteiger partial charge in [-0.05, 0) is 35.4 Å². The number of nitrogens with zero attached hydrogens (tertiary/aromatic N) is 4. The van der Waals surface area contributed by atoms with Crippen LogP contribution in [-0.4, -0.2) is 52.7 Å². The van der Waals surface area contributed by atoms with Crippen LogP contribution in [0.3, 0.4) is 0 Å². The van der Waals surface area contributed by atoms with Gasteiger partial charge in [0, 0.05) is 49.7 Å². The average molecular weight is 403 g/mol. The van der Waals surface area contributed by atoms with Gasteiger partial charge in [0.25, 0.3) is 5.91 Å². The van der Waals surface area contributed by atoms with E-state index in [1.165, 1.54) is 5.56 Å². The van der Waals surface area contributed by atoms with Crippen molar-refractivity contribution in [2.75, 3.05) is 37.6 Å². The number of carbonyl (C=O) groups excluding carboxylic acids is 1. The Hall–Kier alpha value is -3.32. The Balaban J connectivity index is 1.39. The summed E-state index contributed by atoms with van der Waals surface area (Å²) in [4.78, 5) is 24.6. The van der Waals surface area contributed by atoms with Gasteiger partial charge in [-0.2, -0.15) is 0 Å². The standard InChI is InChI=1S/C23H26N6O/c24-18-5-1-16(2-6-18)13-27-11-9-21-20(15-27)22(30)29(23-26-10-12-28(21)23)14-17-3-7-19(25)8-4-17/h1-8H,9-15,24-25H2. The number of benzene rings is 2. The number of nitrogen functional groups attached to an aromatic ring is 2. The third kappa shape index (κ3) is 3.41. The second kappa shape index (κ2) is 7.50. The highest BCUT2D eigenvalue weighted by Crippen LogP contribution is 2.32. The Labute approximate surface area is 176 Å². The maximum absolute atomic E-state index is 13.5. The molecule has 0 unspecified atom stereocenters. The van der Waals surface area contributed by atoms with Gasteiger partial charge in [-0.1, -0.05) is 24.3 Å². The molecule has 0 aromatic heterocycles. The molecule has 30 heavy (non-hydrogen) atoms. The van der Waals surface area contributed by atoms with E-state index in [1.54, 1.807) is 0 Å². The SMILES string of the molecule is Nc1ccc(CN2CCC3=C(C2)C(=O)N(Cc2ccc(N)cc2)C2=NCCN23)cc1. The van der Waals surface area contributed by atoms with Crippen molar-refractivity contribution in [3.63, 3.8) is 0 Å². The van der Waals surface area contributed by atoms with Gasteiger partial charge in [0.2, 0.25) is 5.96 Å². The molecule has 0 fully saturated rings. The summed E-state index contributed by atoms with van der Waals surface area (Å²) in [6, 6.07) is 15.7. The lowest BCUT2D eigenvalue weighted by Crippen LogP contribution is -2.53. The van der Waals surface area contributed by atoms with Crippen LogP contribution < -0.4 is 11.5 Å². The van der Waals surface area contributed by atoms with Crippen molar-refractivity contribution in [1.82, 2.24) is 14.7 Å². The molecule has 3 aliphatic rings. The molecular formula is C23H26N6O. The minimum absolute atomic E-state index is 0.0701. The fourth-order valence-corrected chi connectivity index (χ4v) is 4.44. The maximum atomic E-state index is 13.5. The van der Waals surface area contributed by atoms with E-state index < -0.39 is 0 Å². The molecule has 154 valence electrons. The molecule has 0 saturated carbocycles. The van der Waals surface area contributed by atoms with Gasteiger partial charge in [0.15, 0.2) is 0 Å². The van der Waals surface area contributed by atoms with Gasteiger partial charge >= 0.3 is 0 Å². The minimum Gasteiger partial charge on any atom is -0.399 e. The van der Waals surface area contributed by atoms with Crippen molar-refractivity contribution >= 4 is 23.2 Å². The molecule has 2 aromatic carbocycles. The largest absolute Gasteiger partial charge is 0.399 e. The molecule has 1 amide bonds. The van der Waals surface area contributed by atoms with Crippen molar-refractivity contribution in [3.05, 3.63) is 70.9 Å². The summed E-state index contributed by atoms with van der Waals surface area (Å²) in [5.41, 5.74) is 17.4. The molecule has 0 atom stereocenters. The molecule has 7 nitrogen and oxygen atoms in total. The molecule has 5 rings (SSSR count). The molecule has 3 heterocycles. The van der Waals surface area contributed by atoms with Crippen LogP contribution in [0.25, 0.3) is 0 Å². The highest BCUT2D eigenvalue weighted by Gasteiger charge is 2.40. The predicted octanol–water partition coefficient (Wildman–Crippen LogP) is 2.02. The summed E-state index contributed by atoms with van der Waals surface area (Å²) in [6.45, 7) is 4.47. The number of hydrogen-bond acceptors (Lipinski definition) is 6. The van der Waals surface area contributed by atoms with Crippen molar-refractivity contribution in [1.29, 1.82) is 0 Å². The molecular weight excluding hydrogens is 376 g/mol. The van der Waals surface area contributed by atoms with Crippen LogP contribution in [0.15, 0.2) is 64.8 Å². The van der Waals surface area contributed by atoms with Crippen molar-refractivity contribution in [2.45, 2.75) is 19.5 Å². The smallest absolute Gasteiger partial charge is 0.259 e. The Morgan fingerprint density at radius 1 is 0.867 bits per heavy atom. The third-order valence-corrected chi connectivity index (χ3v) is 5.99. The Bertz CT molecular complexity index is 1020. The van der Waals surface area contributed by atoms with Gasteiger partial charge in [0.05, 0.1) is 18.7 Å². The predicted molar refractivity (Wildman–Crippen MR) is 118 cm³/mol. The van der Waals surface area contributed by atoms with Gasteiger partial charge < -0.3 is 16.4 Å². The number of carbonyl (C=O) groups is 1. The van der Waals surface area contributed by atoms with Crippen LogP contribution in [0.4, 0.5) is 11.4 Å². The van der Waals surface area contributed by atoms with E-state index in [9.17, 15) is 4.79 Å². The number of aliphatic imine (C=N–C) groups is 1. The highest BCUT2D eigenvalue weighted by atomic mass is 16.2. The topological polar surface area (TPSA) is 91.2 Å². The molecule has 4 N–H and O–H groups in total. The van der Waals surface area contributed by atoms with E-state index in [0.29, 0.717) is 13.1 Å². The number of nitrogens with two attached hydrogens (primary N) is 2. The van der Waals surface area contributed by atoms with Crippen LogP contribution in [0, 0.1) is 0 Å². The molecule has 0 radical (unpaired) electrons. The number of guanidine groups is 1. The zero-order chi connectivity index (χ0) is 20.7. The summed E-state index contributed by atoms with van der Waals surface area (Å²) < 4.78 is 0. The lowest BCUT2D eigenvalue weighted by atomic mass is 10.00. The average Bonchev–Trinajstić information content (AvgIpc) is 3.24. The van der Waals surface area contributed by atoms with Crippen LogP contribution >= 0.6 is 0 Å². The van der Waals surface area contributed by atoms with Crippen LogP contribution in [0.5, 0.6) is 0 Å². The normalized spacial score (nSPS) is 19.1. The Kier molecular flexibility index (Phi) is 4.67. The number of amides is 1.